The lowest BCUT2D eigenvalue weighted by Crippen LogP contribution is -2.38. The van der Waals surface area contributed by atoms with Crippen molar-refractivity contribution in [1.29, 1.82) is 0 Å². The predicted octanol–water partition coefficient (Wildman–Crippen LogP) is -5.23. The second kappa shape index (κ2) is 30.3. The largest absolute Gasteiger partial charge is 0.394 e. The lowest BCUT2D eigenvalue weighted by Gasteiger charge is -2.27. The van der Waals surface area contributed by atoms with Crippen molar-refractivity contribution < 1.29 is 89.0 Å². The van der Waals surface area contributed by atoms with E-state index < -0.39 is 94.6 Å². The first-order valence-electron chi connectivity index (χ1n) is 15.3. The van der Waals surface area contributed by atoms with Crippen molar-refractivity contribution in [3.63, 3.8) is 0 Å². The van der Waals surface area contributed by atoms with Gasteiger partial charge in [0.2, 0.25) is 0 Å². The highest BCUT2D eigenvalue weighted by Crippen LogP contribution is 2.09. The topological polar surface area (TPSA) is 276 Å². The third-order valence-corrected chi connectivity index (χ3v) is 6.06. The fraction of sp³-hybridized carbons (Fsp3) is 1.00. The number of aliphatic hydroxyl groups excluding tert-OH is 10. The molecule has 0 saturated heterocycles. The summed E-state index contributed by atoms with van der Waals surface area (Å²) in [5.74, 6) is 0. The van der Waals surface area contributed by atoms with Crippen molar-refractivity contribution in [2.75, 3.05) is 112 Å². The molecule has 0 aliphatic carbocycles. The van der Waals surface area contributed by atoms with Crippen molar-refractivity contribution in [2.45, 2.75) is 68.3 Å². The van der Waals surface area contributed by atoms with Crippen molar-refractivity contribution in [3.05, 3.63) is 0 Å². The van der Waals surface area contributed by atoms with Crippen LogP contribution in [-0.2, 0) is 37.9 Å². The standard InChI is InChI=1S/C28H58O18/c1-2-24(44-19-26(8-34)46-28(17-41-11-22(37)5-31)18-42-12-23(38)6-32)13-43-14-25(7-33)45-27(15-39-9-20(35)3-29)16-40-10-21(36)4-30/h20-38H,2-19H2,1H3. The van der Waals surface area contributed by atoms with E-state index >= 15 is 0 Å². The van der Waals surface area contributed by atoms with Gasteiger partial charge in [0.25, 0.3) is 0 Å². The zero-order valence-electron chi connectivity index (χ0n) is 26.7. The van der Waals surface area contributed by atoms with E-state index in [0.717, 1.165) is 0 Å². The molecule has 278 valence electrons. The third-order valence-electron chi connectivity index (χ3n) is 6.06. The minimum atomic E-state index is -1.08. The quantitative estimate of drug-likeness (QED) is 0.0304. The maximum atomic E-state index is 9.86. The van der Waals surface area contributed by atoms with E-state index in [2.05, 4.69) is 0 Å². The molecule has 0 fully saturated rings. The number of ether oxygens (including phenoxy) is 8. The third kappa shape index (κ3) is 24.4. The first kappa shape index (κ1) is 45.3. The number of hydrogen-bond donors (Lipinski definition) is 10. The Hall–Kier alpha value is -0.720. The molecule has 18 heteroatoms. The molecule has 0 rings (SSSR count). The average Bonchev–Trinajstić information content (AvgIpc) is 3.07. The van der Waals surface area contributed by atoms with Crippen LogP contribution < -0.4 is 0 Å². The van der Waals surface area contributed by atoms with Crippen LogP contribution in [-0.4, -0.2) is 218 Å². The average molecular weight is 683 g/mol. The molecule has 0 heterocycles. The summed E-state index contributed by atoms with van der Waals surface area (Å²) >= 11 is 0. The first-order valence-corrected chi connectivity index (χ1v) is 15.3. The van der Waals surface area contributed by atoms with E-state index in [-0.39, 0.29) is 72.7 Å². The first-order chi connectivity index (χ1) is 22.1. The molecule has 0 aromatic carbocycles. The molecule has 0 aromatic heterocycles. The fourth-order valence-electron chi connectivity index (χ4n) is 3.48. The second-order valence-electron chi connectivity index (χ2n) is 10.5. The van der Waals surface area contributed by atoms with Gasteiger partial charge in [0.15, 0.2) is 0 Å². The molecule has 0 aromatic rings. The van der Waals surface area contributed by atoms with Crippen molar-refractivity contribution >= 4 is 0 Å². The van der Waals surface area contributed by atoms with E-state index in [1.807, 2.05) is 6.92 Å². The SMILES string of the molecule is CCC(COCC(CO)OC(COCC(O)CO)COCC(O)CO)OCC(CO)OC(COCC(O)CO)COCC(O)CO. The van der Waals surface area contributed by atoms with E-state index in [9.17, 15) is 30.6 Å². The molecule has 0 saturated carbocycles. The van der Waals surface area contributed by atoms with E-state index in [1.54, 1.807) is 0 Å². The molecule has 7 unspecified atom stereocenters. The molecule has 0 spiro atoms. The van der Waals surface area contributed by atoms with Gasteiger partial charge < -0.3 is 89.0 Å². The molecule has 0 bridgehead atoms. The summed E-state index contributed by atoms with van der Waals surface area (Å²) in [4.78, 5) is 0. The van der Waals surface area contributed by atoms with Gasteiger partial charge in [-0.1, -0.05) is 6.92 Å². The van der Waals surface area contributed by atoms with Gasteiger partial charge in [-0.15, -0.1) is 0 Å². The van der Waals surface area contributed by atoms with E-state index in [4.69, 9.17) is 58.3 Å². The zero-order chi connectivity index (χ0) is 34.6. The van der Waals surface area contributed by atoms with Crippen LogP contribution in [0.3, 0.4) is 0 Å². The van der Waals surface area contributed by atoms with Crippen LogP contribution in [0.4, 0.5) is 0 Å². The Balaban J connectivity index is 4.89. The molecule has 0 amide bonds. The minimum Gasteiger partial charge on any atom is -0.394 e. The number of aliphatic hydroxyl groups is 10. The number of hydrogen-bond acceptors (Lipinski definition) is 18. The van der Waals surface area contributed by atoms with Gasteiger partial charge in [0.05, 0.1) is 118 Å². The highest BCUT2D eigenvalue weighted by molar-refractivity contribution is 4.67. The van der Waals surface area contributed by atoms with Crippen molar-refractivity contribution in [2.24, 2.45) is 0 Å². The van der Waals surface area contributed by atoms with Gasteiger partial charge in [0, 0.05) is 0 Å². The minimum absolute atomic E-state index is 0.0382. The van der Waals surface area contributed by atoms with E-state index in [1.165, 1.54) is 0 Å². The van der Waals surface area contributed by atoms with Gasteiger partial charge in [-0.2, -0.15) is 0 Å². The fourth-order valence-corrected chi connectivity index (χ4v) is 3.48. The van der Waals surface area contributed by atoms with Crippen LogP contribution in [0, 0.1) is 0 Å². The Bertz CT molecular complexity index is 620. The molecular formula is C28H58O18. The molecule has 0 aliphatic heterocycles. The van der Waals surface area contributed by atoms with Crippen LogP contribution >= 0.6 is 0 Å². The summed E-state index contributed by atoms with van der Waals surface area (Å²) in [6, 6.07) is 0. The van der Waals surface area contributed by atoms with Gasteiger partial charge in [-0.3, -0.25) is 0 Å². The van der Waals surface area contributed by atoms with Gasteiger partial charge in [0.1, 0.15) is 48.8 Å². The molecule has 18 nitrogen and oxygen atoms in total. The van der Waals surface area contributed by atoms with Crippen LogP contribution in [0.2, 0.25) is 0 Å². The molecule has 46 heavy (non-hydrogen) atoms. The molecule has 0 radical (unpaired) electrons. The normalized spacial score (nSPS) is 18.1. The Morgan fingerprint density at radius 3 is 0.935 bits per heavy atom. The lowest BCUT2D eigenvalue weighted by molar-refractivity contribution is -0.151. The van der Waals surface area contributed by atoms with Gasteiger partial charge in [-0.25, -0.2) is 0 Å². The smallest absolute Gasteiger partial charge is 0.105 e. The maximum Gasteiger partial charge on any atom is 0.105 e. The van der Waals surface area contributed by atoms with Crippen LogP contribution in [0.1, 0.15) is 13.3 Å². The molecule has 0 aliphatic rings. The molecule has 7 atom stereocenters. The predicted molar refractivity (Wildman–Crippen MR) is 158 cm³/mol. The van der Waals surface area contributed by atoms with Gasteiger partial charge in [-0.05, 0) is 6.42 Å². The van der Waals surface area contributed by atoms with Gasteiger partial charge >= 0.3 is 0 Å². The zero-order valence-corrected chi connectivity index (χ0v) is 26.7. The Morgan fingerprint density at radius 1 is 0.348 bits per heavy atom. The Labute approximate surface area is 269 Å². The highest BCUT2D eigenvalue weighted by Gasteiger charge is 2.22. The van der Waals surface area contributed by atoms with Crippen LogP contribution in [0.25, 0.3) is 0 Å². The summed E-state index contributed by atoms with van der Waals surface area (Å²) in [7, 11) is 0. The van der Waals surface area contributed by atoms with Crippen LogP contribution in [0.15, 0.2) is 0 Å². The summed E-state index contributed by atoms with van der Waals surface area (Å²) in [5.41, 5.74) is 0. The molecular weight excluding hydrogens is 624 g/mol. The summed E-state index contributed by atoms with van der Waals surface area (Å²) in [5, 5.41) is 93.5. The summed E-state index contributed by atoms with van der Waals surface area (Å²) in [6.07, 6.45) is -7.31. The van der Waals surface area contributed by atoms with Crippen molar-refractivity contribution in [1.82, 2.24) is 0 Å². The Morgan fingerprint density at radius 2 is 0.630 bits per heavy atom. The number of rotatable bonds is 34. The second-order valence-corrected chi connectivity index (χ2v) is 10.5. The molecule has 10 N–H and O–H groups in total. The highest BCUT2D eigenvalue weighted by atomic mass is 16.6. The van der Waals surface area contributed by atoms with E-state index in [0.29, 0.717) is 6.42 Å². The monoisotopic (exact) mass is 682 g/mol. The maximum absolute atomic E-state index is 9.86. The lowest BCUT2D eigenvalue weighted by atomic mass is 10.3. The van der Waals surface area contributed by atoms with Crippen LogP contribution in [0.5, 0.6) is 0 Å². The summed E-state index contributed by atoms with van der Waals surface area (Å²) < 4.78 is 44.6. The summed E-state index contributed by atoms with van der Waals surface area (Å²) in [6.45, 7) is -1.79. The van der Waals surface area contributed by atoms with Crippen molar-refractivity contribution in [3.8, 4) is 0 Å². The Kier molecular flexibility index (Phi) is 29.9.